The highest BCUT2D eigenvalue weighted by atomic mass is 79.9. The van der Waals surface area contributed by atoms with Crippen LogP contribution < -0.4 is 0 Å². The first-order chi connectivity index (χ1) is 8.99. The van der Waals surface area contributed by atoms with E-state index in [2.05, 4.69) is 48.0 Å². The average molecular weight is 342 g/mol. The topological polar surface area (TPSA) is 0 Å². The van der Waals surface area contributed by atoms with Gasteiger partial charge >= 0.3 is 0 Å². The van der Waals surface area contributed by atoms with Gasteiger partial charge < -0.3 is 0 Å². The molecule has 0 amide bonds. The molecule has 0 radical (unpaired) electrons. The molecule has 0 aliphatic carbocycles. The van der Waals surface area contributed by atoms with E-state index >= 15 is 0 Å². The fraction of sp³-hybridized carbons (Fsp3) is 0.250. The van der Waals surface area contributed by atoms with Gasteiger partial charge in [0.15, 0.2) is 0 Å². The number of alkyl halides is 1. The van der Waals surface area contributed by atoms with E-state index in [0.717, 1.165) is 12.0 Å². The van der Waals surface area contributed by atoms with Crippen LogP contribution in [-0.2, 0) is 6.42 Å². The SMILES string of the molecule is Cc1ccc(CC(Br)c2cccc(F)c2Cl)cc1C. The second-order valence-corrected chi connectivity index (χ2v) is 6.22. The van der Waals surface area contributed by atoms with E-state index < -0.39 is 0 Å². The standard InChI is InChI=1S/C16H15BrClF/c1-10-6-7-12(8-11(10)2)9-14(17)13-4-3-5-15(19)16(13)18/h3-8,14H,9H2,1-2H3. The summed E-state index contributed by atoms with van der Waals surface area (Å²) < 4.78 is 13.4. The maximum Gasteiger partial charge on any atom is 0.142 e. The molecule has 0 bridgehead atoms. The molecule has 3 heteroatoms. The zero-order valence-electron chi connectivity index (χ0n) is 10.9. The Labute approximate surface area is 126 Å². The molecule has 0 nitrogen and oxygen atoms in total. The normalized spacial score (nSPS) is 12.5. The monoisotopic (exact) mass is 340 g/mol. The van der Waals surface area contributed by atoms with Crippen molar-refractivity contribution in [1.82, 2.24) is 0 Å². The van der Waals surface area contributed by atoms with Gasteiger partial charge in [-0.1, -0.05) is 57.9 Å². The predicted molar refractivity (Wildman–Crippen MR) is 82.7 cm³/mol. The number of rotatable bonds is 3. The zero-order valence-corrected chi connectivity index (χ0v) is 13.2. The van der Waals surface area contributed by atoms with Crippen LogP contribution in [-0.4, -0.2) is 0 Å². The summed E-state index contributed by atoms with van der Waals surface area (Å²) in [6, 6.07) is 11.3. The number of aryl methyl sites for hydroxylation is 2. The minimum Gasteiger partial charge on any atom is -0.205 e. The van der Waals surface area contributed by atoms with Crippen LogP contribution in [0, 0.1) is 19.7 Å². The summed E-state index contributed by atoms with van der Waals surface area (Å²) in [5.41, 5.74) is 4.55. The lowest BCUT2D eigenvalue weighted by Gasteiger charge is -2.13. The van der Waals surface area contributed by atoms with E-state index in [0.29, 0.717) is 0 Å². The van der Waals surface area contributed by atoms with Gasteiger partial charge in [0.2, 0.25) is 0 Å². The Morgan fingerprint density at radius 3 is 2.58 bits per heavy atom. The van der Waals surface area contributed by atoms with Crippen LogP contribution >= 0.6 is 27.5 Å². The lowest BCUT2D eigenvalue weighted by Crippen LogP contribution is -1.98. The minimum absolute atomic E-state index is 0.0119. The Bertz CT molecular complexity index is 595. The Morgan fingerprint density at radius 1 is 1.16 bits per heavy atom. The van der Waals surface area contributed by atoms with Gasteiger partial charge in [0, 0.05) is 4.83 Å². The lowest BCUT2D eigenvalue weighted by atomic mass is 10.0. The molecule has 2 aromatic rings. The van der Waals surface area contributed by atoms with Gasteiger partial charge in [-0.3, -0.25) is 0 Å². The summed E-state index contributed by atoms with van der Waals surface area (Å²) in [5, 5.41) is 0.202. The largest absolute Gasteiger partial charge is 0.205 e. The molecule has 2 aromatic carbocycles. The van der Waals surface area contributed by atoms with Gasteiger partial charge in [-0.05, 0) is 48.6 Å². The van der Waals surface area contributed by atoms with Crippen molar-refractivity contribution in [1.29, 1.82) is 0 Å². The third-order valence-corrected chi connectivity index (χ3v) is 4.52. The molecule has 19 heavy (non-hydrogen) atoms. The number of hydrogen-bond acceptors (Lipinski definition) is 0. The molecule has 2 rings (SSSR count). The highest BCUT2D eigenvalue weighted by Gasteiger charge is 2.14. The molecule has 100 valence electrons. The van der Waals surface area contributed by atoms with E-state index in [1.807, 2.05) is 6.07 Å². The first-order valence-corrected chi connectivity index (χ1v) is 7.42. The van der Waals surface area contributed by atoms with Crippen molar-refractivity contribution in [2.75, 3.05) is 0 Å². The summed E-state index contributed by atoms with van der Waals surface area (Å²) in [7, 11) is 0. The van der Waals surface area contributed by atoms with E-state index in [4.69, 9.17) is 11.6 Å². The smallest absolute Gasteiger partial charge is 0.142 e. The molecule has 0 heterocycles. The molecule has 1 atom stereocenters. The minimum atomic E-state index is -0.372. The Kier molecular flexibility index (Phi) is 4.64. The van der Waals surface area contributed by atoms with E-state index in [9.17, 15) is 4.39 Å². The van der Waals surface area contributed by atoms with Crippen molar-refractivity contribution < 1.29 is 4.39 Å². The number of halogens is 3. The summed E-state index contributed by atoms with van der Waals surface area (Å²) in [6.07, 6.45) is 0.782. The fourth-order valence-corrected chi connectivity index (χ4v) is 3.15. The second kappa shape index (κ2) is 6.06. The van der Waals surface area contributed by atoms with Gasteiger partial charge in [-0.25, -0.2) is 4.39 Å². The molecule has 0 fully saturated rings. The number of benzene rings is 2. The van der Waals surface area contributed by atoms with Gasteiger partial charge in [0.05, 0.1) is 5.02 Å². The fourth-order valence-electron chi connectivity index (χ4n) is 2.01. The Balaban J connectivity index is 2.23. The molecule has 0 spiro atoms. The maximum atomic E-state index is 13.4. The molecule has 0 saturated heterocycles. The molecule has 1 unspecified atom stereocenters. The van der Waals surface area contributed by atoms with Crippen molar-refractivity contribution >= 4 is 27.5 Å². The quantitative estimate of drug-likeness (QED) is 0.621. The number of hydrogen-bond donors (Lipinski definition) is 0. The third kappa shape index (κ3) is 3.37. The van der Waals surface area contributed by atoms with Gasteiger partial charge in [-0.2, -0.15) is 0 Å². The van der Waals surface area contributed by atoms with Crippen LogP contribution in [0.2, 0.25) is 5.02 Å². The Morgan fingerprint density at radius 2 is 1.89 bits per heavy atom. The van der Waals surface area contributed by atoms with Crippen molar-refractivity contribution in [3.05, 3.63) is 69.5 Å². The average Bonchev–Trinajstić information content (AvgIpc) is 2.37. The van der Waals surface area contributed by atoms with Crippen molar-refractivity contribution in [3.63, 3.8) is 0 Å². The highest BCUT2D eigenvalue weighted by molar-refractivity contribution is 9.09. The maximum absolute atomic E-state index is 13.4. The summed E-state index contributed by atoms with van der Waals surface area (Å²) in [6.45, 7) is 4.19. The van der Waals surface area contributed by atoms with E-state index in [-0.39, 0.29) is 15.7 Å². The van der Waals surface area contributed by atoms with Crippen LogP contribution in [0.15, 0.2) is 36.4 Å². The summed E-state index contributed by atoms with van der Waals surface area (Å²) >= 11 is 9.61. The predicted octanol–water partition coefficient (Wildman–Crippen LogP) is 5.77. The van der Waals surface area contributed by atoms with Gasteiger partial charge in [0.1, 0.15) is 5.82 Å². The molecule has 0 aromatic heterocycles. The van der Waals surface area contributed by atoms with Crippen molar-refractivity contribution in [3.8, 4) is 0 Å². The summed E-state index contributed by atoms with van der Waals surface area (Å²) in [4.78, 5) is 0.0119. The molecule has 0 N–H and O–H groups in total. The second-order valence-electron chi connectivity index (χ2n) is 4.73. The highest BCUT2D eigenvalue weighted by Crippen LogP contribution is 2.33. The van der Waals surface area contributed by atoms with Crippen LogP contribution in [0.25, 0.3) is 0 Å². The van der Waals surface area contributed by atoms with Gasteiger partial charge in [-0.15, -0.1) is 0 Å². The van der Waals surface area contributed by atoms with Crippen LogP contribution in [0.4, 0.5) is 4.39 Å². The van der Waals surface area contributed by atoms with Gasteiger partial charge in [0.25, 0.3) is 0 Å². The molecular formula is C16H15BrClF. The van der Waals surface area contributed by atoms with Crippen molar-refractivity contribution in [2.24, 2.45) is 0 Å². The molecule has 0 aliphatic heterocycles. The lowest BCUT2D eigenvalue weighted by molar-refractivity contribution is 0.625. The first kappa shape index (κ1) is 14.5. The molecule has 0 aliphatic rings. The Hall–Kier alpha value is -0.860. The van der Waals surface area contributed by atoms with E-state index in [1.54, 1.807) is 6.07 Å². The van der Waals surface area contributed by atoms with E-state index in [1.165, 1.54) is 22.8 Å². The first-order valence-electron chi connectivity index (χ1n) is 6.13. The molecular weight excluding hydrogens is 327 g/mol. The van der Waals surface area contributed by atoms with Crippen molar-refractivity contribution in [2.45, 2.75) is 25.1 Å². The third-order valence-electron chi connectivity index (χ3n) is 3.31. The van der Waals surface area contributed by atoms with Crippen LogP contribution in [0.5, 0.6) is 0 Å². The van der Waals surface area contributed by atoms with Crippen LogP contribution in [0.3, 0.4) is 0 Å². The van der Waals surface area contributed by atoms with Crippen LogP contribution in [0.1, 0.15) is 27.1 Å². The zero-order chi connectivity index (χ0) is 14.0. The molecule has 0 saturated carbocycles. The summed E-state index contributed by atoms with van der Waals surface area (Å²) in [5.74, 6) is -0.372.